The van der Waals surface area contributed by atoms with E-state index in [1.54, 1.807) is 0 Å². The van der Waals surface area contributed by atoms with Crippen molar-refractivity contribution in [3.8, 4) is 0 Å². The molecule has 0 aliphatic carbocycles. The third-order valence-corrected chi connectivity index (χ3v) is 2.65. The fourth-order valence-electron chi connectivity index (χ4n) is 0.982. The molecule has 1 aromatic rings. The number of benzene rings is 1. The minimum atomic E-state index is -4.31. The molecular weight excluding hydrogens is 275 g/mol. The van der Waals surface area contributed by atoms with Crippen molar-refractivity contribution >= 4 is 35.0 Å². The van der Waals surface area contributed by atoms with Crippen LogP contribution in [-0.2, 0) is 4.79 Å². The Morgan fingerprint density at radius 1 is 1.35 bits per heavy atom. The normalized spacial score (nSPS) is 13.2. The van der Waals surface area contributed by atoms with E-state index in [0.29, 0.717) is 5.69 Å². The van der Waals surface area contributed by atoms with Crippen LogP contribution in [0.3, 0.4) is 0 Å². The van der Waals surface area contributed by atoms with E-state index in [9.17, 15) is 18.0 Å². The zero-order valence-corrected chi connectivity index (χ0v) is 10.3. The maximum absolute atomic E-state index is 12.0. The van der Waals surface area contributed by atoms with Crippen molar-refractivity contribution in [1.29, 1.82) is 0 Å². The highest BCUT2D eigenvalue weighted by molar-refractivity contribution is 8.00. The first-order valence-electron chi connectivity index (χ1n) is 4.58. The van der Waals surface area contributed by atoms with Gasteiger partial charge in [-0.15, -0.1) is 11.6 Å². The van der Waals surface area contributed by atoms with Crippen molar-refractivity contribution in [1.82, 2.24) is 0 Å². The number of anilines is 1. The van der Waals surface area contributed by atoms with Crippen LogP contribution in [0.25, 0.3) is 0 Å². The topological polar surface area (TPSA) is 29.1 Å². The summed E-state index contributed by atoms with van der Waals surface area (Å²) in [7, 11) is 0. The van der Waals surface area contributed by atoms with Gasteiger partial charge >= 0.3 is 5.51 Å². The molecule has 0 saturated carbocycles. The van der Waals surface area contributed by atoms with Gasteiger partial charge in [-0.05, 0) is 43.0 Å². The lowest BCUT2D eigenvalue weighted by Gasteiger charge is -2.08. The van der Waals surface area contributed by atoms with E-state index >= 15 is 0 Å². The first kappa shape index (κ1) is 14.2. The average molecular weight is 284 g/mol. The number of halogens is 4. The Morgan fingerprint density at radius 2 is 1.88 bits per heavy atom. The zero-order chi connectivity index (χ0) is 13.1. The van der Waals surface area contributed by atoms with Crippen LogP contribution in [0.4, 0.5) is 18.9 Å². The van der Waals surface area contributed by atoms with E-state index in [1.165, 1.54) is 31.2 Å². The zero-order valence-electron chi connectivity index (χ0n) is 8.72. The highest BCUT2D eigenvalue weighted by Crippen LogP contribution is 2.36. The molecule has 1 atom stereocenters. The van der Waals surface area contributed by atoms with Crippen LogP contribution in [0, 0.1) is 0 Å². The van der Waals surface area contributed by atoms with E-state index in [0.717, 1.165) is 0 Å². The molecule has 0 bridgehead atoms. The lowest BCUT2D eigenvalue weighted by atomic mass is 10.3. The Labute approximate surface area is 106 Å². The Balaban J connectivity index is 2.65. The number of thioether (sulfide) groups is 1. The molecule has 1 aromatic carbocycles. The Hall–Kier alpha value is -0.880. The molecule has 1 N–H and O–H groups in total. The average Bonchev–Trinajstić information content (AvgIpc) is 2.18. The van der Waals surface area contributed by atoms with E-state index in [4.69, 9.17) is 11.6 Å². The van der Waals surface area contributed by atoms with Crippen molar-refractivity contribution in [3.63, 3.8) is 0 Å². The highest BCUT2D eigenvalue weighted by atomic mass is 35.5. The SMILES string of the molecule is C[C@H](Cl)C(=O)Nc1ccc(SC(F)(F)F)cc1. The minimum Gasteiger partial charge on any atom is -0.325 e. The van der Waals surface area contributed by atoms with Crippen LogP contribution >= 0.6 is 23.4 Å². The van der Waals surface area contributed by atoms with Gasteiger partial charge in [0.15, 0.2) is 0 Å². The summed E-state index contributed by atoms with van der Waals surface area (Å²) in [5, 5.41) is 1.77. The second-order valence-corrected chi connectivity index (χ2v) is 4.97. The quantitative estimate of drug-likeness (QED) is 0.674. The third kappa shape index (κ3) is 5.32. The molecule has 0 aliphatic rings. The van der Waals surface area contributed by atoms with E-state index < -0.39 is 16.8 Å². The number of carbonyl (C=O) groups excluding carboxylic acids is 1. The summed E-state index contributed by atoms with van der Waals surface area (Å²) in [6.07, 6.45) is 0. The molecule has 0 fully saturated rings. The fourth-order valence-corrected chi connectivity index (χ4v) is 1.58. The van der Waals surface area contributed by atoms with Crippen LogP contribution in [0.2, 0.25) is 0 Å². The maximum atomic E-state index is 12.0. The number of alkyl halides is 4. The smallest absolute Gasteiger partial charge is 0.325 e. The lowest BCUT2D eigenvalue weighted by Crippen LogP contribution is -2.20. The maximum Gasteiger partial charge on any atom is 0.446 e. The van der Waals surface area contributed by atoms with Crippen molar-refractivity contribution < 1.29 is 18.0 Å². The molecule has 7 heteroatoms. The van der Waals surface area contributed by atoms with Gasteiger partial charge in [-0.1, -0.05) is 0 Å². The van der Waals surface area contributed by atoms with Crippen LogP contribution in [0.5, 0.6) is 0 Å². The minimum absolute atomic E-state index is 0.0643. The molecule has 17 heavy (non-hydrogen) atoms. The van der Waals surface area contributed by atoms with Crippen molar-refractivity contribution in [2.75, 3.05) is 5.32 Å². The van der Waals surface area contributed by atoms with Crippen LogP contribution < -0.4 is 5.32 Å². The molecular formula is C10H9ClF3NOS. The first-order valence-corrected chi connectivity index (χ1v) is 5.84. The monoisotopic (exact) mass is 283 g/mol. The molecule has 94 valence electrons. The predicted octanol–water partition coefficient (Wildman–Crippen LogP) is 3.86. The van der Waals surface area contributed by atoms with Gasteiger partial charge in [0, 0.05) is 10.6 Å². The summed E-state index contributed by atoms with van der Waals surface area (Å²) in [4.78, 5) is 11.3. The summed E-state index contributed by atoms with van der Waals surface area (Å²) in [6, 6.07) is 5.36. The van der Waals surface area contributed by atoms with E-state index in [1.807, 2.05) is 0 Å². The summed E-state index contributed by atoms with van der Waals surface area (Å²) in [6.45, 7) is 1.50. The van der Waals surface area contributed by atoms with Crippen LogP contribution in [-0.4, -0.2) is 16.8 Å². The van der Waals surface area contributed by atoms with E-state index in [-0.39, 0.29) is 16.7 Å². The number of nitrogens with one attached hydrogen (secondary N) is 1. The Morgan fingerprint density at radius 3 is 2.29 bits per heavy atom. The first-order chi connectivity index (χ1) is 7.78. The van der Waals surface area contributed by atoms with Gasteiger partial charge in [0.2, 0.25) is 5.91 Å². The van der Waals surface area contributed by atoms with Gasteiger partial charge in [-0.3, -0.25) is 4.79 Å². The standard InChI is InChI=1S/C10H9ClF3NOS/c1-6(11)9(16)15-7-2-4-8(5-3-7)17-10(12,13)14/h2-6H,1H3,(H,15,16)/t6-/m0/s1. The van der Waals surface area contributed by atoms with Gasteiger partial charge in [0.1, 0.15) is 5.38 Å². The summed E-state index contributed by atoms with van der Waals surface area (Å²) >= 11 is 5.33. The molecule has 0 aromatic heterocycles. The van der Waals surface area contributed by atoms with Gasteiger partial charge in [-0.25, -0.2) is 0 Å². The molecule has 0 spiro atoms. The molecule has 1 rings (SSSR count). The van der Waals surface area contributed by atoms with Gasteiger partial charge in [0.25, 0.3) is 0 Å². The molecule has 0 radical (unpaired) electrons. The second-order valence-electron chi connectivity index (χ2n) is 3.18. The van der Waals surface area contributed by atoms with Crippen LogP contribution in [0.1, 0.15) is 6.92 Å². The molecule has 0 aliphatic heterocycles. The lowest BCUT2D eigenvalue weighted by molar-refractivity contribution is -0.115. The number of amides is 1. The largest absolute Gasteiger partial charge is 0.446 e. The predicted molar refractivity (Wildman–Crippen MR) is 62.3 cm³/mol. The molecule has 0 heterocycles. The summed E-state index contributed by atoms with van der Waals surface area (Å²) in [5.41, 5.74) is -3.90. The van der Waals surface area contributed by atoms with Gasteiger partial charge in [0.05, 0.1) is 0 Å². The molecule has 0 unspecified atom stereocenters. The Bertz CT molecular complexity index is 392. The van der Waals surface area contributed by atoms with Crippen molar-refractivity contribution in [3.05, 3.63) is 24.3 Å². The molecule has 0 saturated heterocycles. The number of hydrogen-bond donors (Lipinski definition) is 1. The van der Waals surface area contributed by atoms with Crippen molar-refractivity contribution in [2.24, 2.45) is 0 Å². The summed E-state index contributed by atoms with van der Waals surface area (Å²) in [5.74, 6) is -0.400. The Kier molecular flexibility index (Phi) is 4.70. The number of rotatable bonds is 3. The third-order valence-electron chi connectivity index (χ3n) is 1.72. The van der Waals surface area contributed by atoms with Crippen molar-refractivity contribution in [2.45, 2.75) is 22.7 Å². The van der Waals surface area contributed by atoms with Gasteiger partial charge < -0.3 is 5.32 Å². The number of carbonyl (C=O) groups is 1. The molecule has 1 amide bonds. The fraction of sp³-hybridized carbons (Fsp3) is 0.300. The second kappa shape index (κ2) is 5.64. The van der Waals surface area contributed by atoms with E-state index in [2.05, 4.69) is 5.32 Å². The number of hydrogen-bond acceptors (Lipinski definition) is 2. The van der Waals surface area contributed by atoms with Crippen LogP contribution in [0.15, 0.2) is 29.2 Å². The molecule has 2 nitrogen and oxygen atoms in total. The van der Waals surface area contributed by atoms with Gasteiger partial charge in [-0.2, -0.15) is 13.2 Å². The summed E-state index contributed by atoms with van der Waals surface area (Å²) < 4.78 is 36.1. The highest BCUT2D eigenvalue weighted by Gasteiger charge is 2.29.